The Morgan fingerprint density at radius 2 is 1.92 bits per heavy atom. The zero-order chi connectivity index (χ0) is 18.7. The predicted octanol–water partition coefficient (Wildman–Crippen LogP) is 3.85. The summed E-state index contributed by atoms with van der Waals surface area (Å²) in [5, 5.41) is 2.06. The summed E-state index contributed by atoms with van der Waals surface area (Å²) < 4.78 is 0. The van der Waals surface area contributed by atoms with E-state index in [1.807, 2.05) is 56.4 Å². The van der Waals surface area contributed by atoms with Crippen molar-refractivity contribution in [2.24, 2.45) is 0 Å². The Hall–Kier alpha value is -2.73. The number of hydrogen-bond donors (Lipinski definition) is 0. The van der Waals surface area contributed by atoms with Crippen LogP contribution < -0.4 is 4.90 Å². The quantitative estimate of drug-likeness (QED) is 0.688. The van der Waals surface area contributed by atoms with Crippen LogP contribution in [0, 0.1) is 6.92 Å². The predicted molar refractivity (Wildman–Crippen MR) is 107 cm³/mol. The summed E-state index contributed by atoms with van der Waals surface area (Å²) in [4.78, 5) is 26.3. The van der Waals surface area contributed by atoms with Crippen LogP contribution >= 0.6 is 11.3 Å². The van der Waals surface area contributed by atoms with Gasteiger partial charge >= 0.3 is 0 Å². The van der Waals surface area contributed by atoms with E-state index >= 15 is 0 Å². The molecule has 0 radical (unpaired) electrons. The maximum atomic E-state index is 12.8. The van der Waals surface area contributed by atoms with E-state index in [1.165, 1.54) is 10.4 Å². The van der Waals surface area contributed by atoms with Gasteiger partial charge in [-0.2, -0.15) is 0 Å². The van der Waals surface area contributed by atoms with Crippen LogP contribution in [0.4, 0.5) is 5.82 Å². The number of aryl methyl sites for hydroxylation is 1. The fourth-order valence-electron chi connectivity index (χ4n) is 2.63. The van der Waals surface area contributed by atoms with Gasteiger partial charge in [-0.1, -0.05) is 12.1 Å². The molecule has 2 heterocycles. The van der Waals surface area contributed by atoms with Crippen LogP contribution in [0.15, 0.2) is 48.1 Å². The Morgan fingerprint density at radius 3 is 2.62 bits per heavy atom. The number of amides is 1. The molecule has 0 N–H and O–H groups in total. The lowest BCUT2D eigenvalue weighted by atomic mass is 10.1. The summed E-state index contributed by atoms with van der Waals surface area (Å²) in [6, 6.07) is 11.6. The molecule has 3 rings (SSSR count). The van der Waals surface area contributed by atoms with Crippen molar-refractivity contribution in [2.75, 3.05) is 26.0 Å². The van der Waals surface area contributed by atoms with Crippen LogP contribution in [0.5, 0.6) is 0 Å². The molecule has 2 aromatic heterocycles. The molecule has 26 heavy (non-hydrogen) atoms. The van der Waals surface area contributed by atoms with Gasteiger partial charge in [-0.25, -0.2) is 9.97 Å². The highest BCUT2D eigenvalue weighted by Gasteiger charge is 2.15. The highest BCUT2D eigenvalue weighted by atomic mass is 32.1. The van der Waals surface area contributed by atoms with Crippen molar-refractivity contribution >= 4 is 23.1 Å². The number of hydrogen-bond acceptors (Lipinski definition) is 5. The third-order valence-electron chi connectivity index (χ3n) is 4.21. The van der Waals surface area contributed by atoms with E-state index in [1.54, 1.807) is 22.6 Å². The summed E-state index contributed by atoms with van der Waals surface area (Å²) >= 11 is 1.68. The van der Waals surface area contributed by atoms with E-state index in [9.17, 15) is 4.79 Å². The number of carbonyl (C=O) groups is 1. The Bertz CT molecular complexity index is 919. The van der Waals surface area contributed by atoms with Crippen LogP contribution in [0.1, 0.15) is 20.8 Å². The van der Waals surface area contributed by atoms with Gasteiger partial charge < -0.3 is 9.80 Å². The third kappa shape index (κ3) is 3.91. The summed E-state index contributed by atoms with van der Waals surface area (Å²) in [7, 11) is 5.71. The van der Waals surface area contributed by atoms with E-state index in [0.717, 1.165) is 17.1 Å². The van der Waals surface area contributed by atoms with Crippen molar-refractivity contribution in [3.63, 3.8) is 0 Å². The lowest BCUT2D eigenvalue weighted by Gasteiger charge is -2.17. The first kappa shape index (κ1) is 18.1. The lowest BCUT2D eigenvalue weighted by Crippen LogP contribution is -2.26. The number of thiophene rings is 1. The summed E-state index contributed by atoms with van der Waals surface area (Å²) in [5.74, 6) is 0.832. The van der Waals surface area contributed by atoms with Gasteiger partial charge in [-0.15, -0.1) is 11.3 Å². The van der Waals surface area contributed by atoms with Gasteiger partial charge in [0.2, 0.25) is 0 Å². The maximum Gasteiger partial charge on any atom is 0.253 e. The molecule has 5 nitrogen and oxygen atoms in total. The minimum Gasteiger partial charge on any atom is -0.363 e. The number of nitrogens with zero attached hydrogens (tertiary/aromatic N) is 4. The van der Waals surface area contributed by atoms with E-state index in [4.69, 9.17) is 0 Å². The van der Waals surface area contributed by atoms with Crippen molar-refractivity contribution in [3.8, 4) is 11.3 Å². The number of aromatic nitrogens is 2. The molecule has 0 saturated heterocycles. The zero-order valence-corrected chi connectivity index (χ0v) is 16.2. The van der Waals surface area contributed by atoms with Gasteiger partial charge in [-0.05, 0) is 36.1 Å². The molecule has 134 valence electrons. The van der Waals surface area contributed by atoms with E-state index in [2.05, 4.69) is 28.3 Å². The van der Waals surface area contributed by atoms with Gasteiger partial charge in [0.1, 0.15) is 12.1 Å². The normalized spacial score (nSPS) is 10.6. The molecule has 0 aliphatic rings. The standard InChI is InChI=1S/C20H22N4OS/c1-14-8-9-26-18(14)12-24(4)20(25)16-7-5-6-15(10-16)17-11-19(23(2)3)22-13-21-17/h5-11,13H,12H2,1-4H3. The molecule has 0 saturated carbocycles. The second kappa shape index (κ2) is 7.66. The van der Waals surface area contributed by atoms with E-state index < -0.39 is 0 Å². The minimum absolute atomic E-state index is 0.00143. The van der Waals surface area contributed by atoms with E-state index in [0.29, 0.717) is 12.1 Å². The Kier molecular flexibility index (Phi) is 5.32. The van der Waals surface area contributed by atoms with E-state index in [-0.39, 0.29) is 5.91 Å². The van der Waals surface area contributed by atoms with Gasteiger partial charge in [0.05, 0.1) is 12.2 Å². The Morgan fingerprint density at radius 1 is 1.12 bits per heavy atom. The zero-order valence-electron chi connectivity index (χ0n) is 15.4. The summed E-state index contributed by atoms with van der Waals surface area (Å²) in [6.45, 7) is 2.69. The smallest absolute Gasteiger partial charge is 0.253 e. The molecule has 0 aliphatic carbocycles. The average Bonchev–Trinajstić information content (AvgIpc) is 3.06. The average molecular weight is 366 g/mol. The van der Waals surface area contributed by atoms with Crippen molar-refractivity contribution in [1.82, 2.24) is 14.9 Å². The van der Waals surface area contributed by atoms with Gasteiger partial charge in [0.15, 0.2) is 0 Å². The molecule has 1 aromatic carbocycles. The van der Waals surface area contributed by atoms with Crippen LogP contribution in [-0.2, 0) is 6.54 Å². The summed E-state index contributed by atoms with van der Waals surface area (Å²) in [5.41, 5.74) is 3.59. The molecule has 0 fully saturated rings. The molecular weight excluding hydrogens is 344 g/mol. The van der Waals surface area contributed by atoms with Crippen LogP contribution in [0.2, 0.25) is 0 Å². The first-order valence-electron chi connectivity index (χ1n) is 8.34. The van der Waals surface area contributed by atoms with Crippen molar-refractivity contribution in [2.45, 2.75) is 13.5 Å². The maximum absolute atomic E-state index is 12.8. The van der Waals surface area contributed by atoms with Gasteiger partial charge in [0, 0.05) is 43.2 Å². The van der Waals surface area contributed by atoms with Crippen LogP contribution in [0.3, 0.4) is 0 Å². The topological polar surface area (TPSA) is 49.3 Å². The monoisotopic (exact) mass is 366 g/mol. The van der Waals surface area contributed by atoms with Crippen molar-refractivity contribution < 1.29 is 4.79 Å². The lowest BCUT2D eigenvalue weighted by molar-refractivity contribution is 0.0786. The molecule has 0 aliphatic heterocycles. The number of benzene rings is 1. The molecular formula is C20H22N4OS. The second-order valence-electron chi connectivity index (χ2n) is 6.42. The fourth-order valence-corrected chi connectivity index (χ4v) is 3.59. The molecule has 6 heteroatoms. The molecule has 0 spiro atoms. The van der Waals surface area contributed by atoms with Crippen molar-refractivity contribution in [1.29, 1.82) is 0 Å². The first-order valence-corrected chi connectivity index (χ1v) is 9.22. The number of carbonyl (C=O) groups excluding carboxylic acids is 1. The molecule has 1 amide bonds. The first-order chi connectivity index (χ1) is 12.5. The summed E-state index contributed by atoms with van der Waals surface area (Å²) in [6.07, 6.45) is 1.55. The molecule has 0 atom stereocenters. The van der Waals surface area contributed by atoms with Gasteiger partial charge in [-0.3, -0.25) is 4.79 Å². The van der Waals surface area contributed by atoms with Crippen LogP contribution in [0.25, 0.3) is 11.3 Å². The van der Waals surface area contributed by atoms with Gasteiger partial charge in [0.25, 0.3) is 5.91 Å². The van der Waals surface area contributed by atoms with Crippen LogP contribution in [-0.4, -0.2) is 41.9 Å². The second-order valence-corrected chi connectivity index (χ2v) is 7.43. The Labute approximate surface area is 157 Å². The third-order valence-corrected chi connectivity index (χ3v) is 5.22. The molecule has 0 unspecified atom stereocenters. The number of rotatable bonds is 5. The minimum atomic E-state index is 0.00143. The molecule has 3 aromatic rings. The largest absolute Gasteiger partial charge is 0.363 e. The SMILES string of the molecule is Cc1ccsc1CN(C)C(=O)c1cccc(-c2cc(N(C)C)ncn2)c1. The van der Waals surface area contributed by atoms with Crippen molar-refractivity contribution in [3.05, 3.63) is 64.1 Å². The fraction of sp³-hybridized carbons (Fsp3) is 0.250. The Balaban J connectivity index is 1.83. The number of anilines is 1. The molecule has 0 bridgehead atoms. The highest BCUT2D eigenvalue weighted by molar-refractivity contribution is 7.10. The highest BCUT2D eigenvalue weighted by Crippen LogP contribution is 2.22.